The molecule has 0 aliphatic carbocycles. The highest BCUT2D eigenvalue weighted by Crippen LogP contribution is 2.41. The van der Waals surface area contributed by atoms with Crippen molar-refractivity contribution in [2.45, 2.75) is 90.3 Å². The zero-order chi connectivity index (χ0) is 59.6. The normalized spacial score (nSPS) is 13.9. The fourth-order valence-corrected chi connectivity index (χ4v) is 8.56. The van der Waals surface area contributed by atoms with E-state index in [1.54, 1.807) is 80.1 Å². The molecule has 81 heavy (non-hydrogen) atoms. The number of nitrogens with two attached hydrogens (primary N) is 2. The monoisotopic (exact) mass is 1130 g/mol. The average Bonchev–Trinajstić information content (AvgIpc) is 3.97. The van der Waals surface area contributed by atoms with E-state index < -0.39 is 145 Å². The fourth-order valence-electron chi connectivity index (χ4n) is 8.56. The minimum Gasteiger partial charge on any atom is -0.445 e. The van der Waals surface area contributed by atoms with Gasteiger partial charge in [-0.3, -0.25) is 52.8 Å². The first-order chi connectivity index (χ1) is 38.3. The lowest BCUT2D eigenvalue weighted by Crippen LogP contribution is -2.55. The van der Waals surface area contributed by atoms with Crippen LogP contribution in [-0.2, 0) is 65.8 Å². The third-order valence-electron chi connectivity index (χ3n) is 12.5. The number of ether oxygens (including phenoxy) is 1. The van der Waals surface area contributed by atoms with Crippen LogP contribution < -0.4 is 43.4 Å². The second-order valence-corrected chi connectivity index (χ2v) is 19.9. The van der Waals surface area contributed by atoms with E-state index in [9.17, 15) is 62.2 Å². The van der Waals surface area contributed by atoms with E-state index in [1.807, 2.05) is 18.2 Å². The lowest BCUT2D eigenvalue weighted by atomic mass is 9.82. The first-order valence-electron chi connectivity index (χ1n) is 25.5. The Balaban J connectivity index is 1.35. The number of rotatable bonds is 28. The number of benzene rings is 3. The third kappa shape index (κ3) is 18.7. The van der Waals surface area contributed by atoms with Crippen LogP contribution in [0.25, 0.3) is 11.1 Å². The van der Waals surface area contributed by atoms with Crippen molar-refractivity contribution in [3.63, 3.8) is 0 Å². The highest BCUT2D eigenvalue weighted by Gasteiger charge is 2.38. The van der Waals surface area contributed by atoms with Gasteiger partial charge in [-0.25, -0.2) is 13.6 Å². The minimum atomic E-state index is -1.81. The predicted molar refractivity (Wildman–Crippen MR) is 285 cm³/mol. The maximum absolute atomic E-state index is 15.4. The molecule has 11 N–H and O–H groups in total. The lowest BCUT2D eigenvalue weighted by molar-refractivity contribution is -0.141. The maximum atomic E-state index is 15.4. The van der Waals surface area contributed by atoms with E-state index in [0.717, 1.165) is 35.9 Å². The molecule has 2 heterocycles. The van der Waals surface area contributed by atoms with Gasteiger partial charge in [-0.2, -0.15) is 0 Å². The van der Waals surface area contributed by atoms with Gasteiger partial charge in [0.25, 0.3) is 11.8 Å². The van der Waals surface area contributed by atoms with Crippen molar-refractivity contribution in [2.75, 3.05) is 32.8 Å². The summed E-state index contributed by atoms with van der Waals surface area (Å²) in [5.41, 5.74) is 12.2. The number of alkyl carbamates (subject to hydrolysis) is 1. The van der Waals surface area contributed by atoms with Crippen LogP contribution in [-0.4, -0.2) is 142 Å². The van der Waals surface area contributed by atoms with E-state index in [0.29, 0.717) is 16.2 Å². The number of aromatic nitrogens is 1. The number of carbonyl (C=O) groups is 11. The van der Waals surface area contributed by atoms with Gasteiger partial charge in [0.1, 0.15) is 55.6 Å². The van der Waals surface area contributed by atoms with Crippen molar-refractivity contribution < 1.29 is 71.4 Å². The second kappa shape index (κ2) is 29.0. The number of hydrogen-bond acceptors (Lipinski definition) is 13. The molecule has 0 saturated heterocycles. The first-order valence-corrected chi connectivity index (χ1v) is 25.5. The molecule has 11 amide bonds. The quantitative estimate of drug-likeness (QED) is 0.0276. The number of amides is 11. The second-order valence-electron chi connectivity index (χ2n) is 19.9. The molecule has 432 valence electrons. The Bertz CT molecular complexity index is 2990. The molecule has 3 aromatic carbocycles. The maximum Gasteiger partial charge on any atom is 0.408 e. The zero-order valence-corrected chi connectivity index (χ0v) is 44.9. The SMILES string of the molecule is C[C@H](NC(=O)OCc1ccccc1)C(=O)N[C@@H](CC(=O)N[C@@H](CC(=O)N[C@@H](CCN(C(=O)CO)[C@@H](c1cc(-c2cc(F)ccc2F)cn1Cc1ccccc1)C(C)(C)C)C(=O)NCCNC(=O)CN1C(=O)C=CC1=O)C(N)=O)C(N)=O. The van der Waals surface area contributed by atoms with E-state index in [4.69, 9.17) is 16.2 Å². The van der Waals surface area contributed by atoms with E-state index >= 15 is 4.39 Å². The summed E-state index contributed by atoms with van der Waals surface area (Å²) in [7, 11) is 0. The number of halogens is 2. The molecule has 26 heteroatoms. The molecule has 5 rings (SSSR count). The van der Waals surface area contributed by atoms with Gasteiger partial charge in [-0.15, -0.1) is 0 Å². The van der Waals surface area contributed by atoms with Crippen molar-refractivity contribution in [1.29, 1.82) is 0 Å². The summed E-state index contributed by atoms with van der Waals surface area (Å²) in [5, 5.41) is 24.6. The largest absolute Gasteiger partial charge is 0.445 e. The number of nitrogens with one attached hydrogen (secondary N) is 6. The molecule has 0 spiro atoms. The van der Waals surface area contributed by atoms with E-state index in [-0.39, 0.29) is 43.9 Å². The summed E-state index contributed by atoms with van der Waals surface area (Å²) < 4.78 is 36.9. The molecule has 1 aliphatic heterocycles. The molecule has 4 aromatic rings. The highest BCUT2D eigenvalue weighted by molar-refractivity contribution is 6.14. The van der Waals surface area contributed by atoms with Gasteiger partial charge >= 0.3 is 6.09 Å². The van der Waals surface area contributed by atoms with Crippen LogP contribution in [0.4, 0.5) is 13.6 Å². The molecule has 1 aliphatic rings. The highest BCUT2D eigenvalue weighted by atomic mass is 19.1. The smallest absolute Gasteiger partial charge is 0.408 e. The van der Waals surface area contributed by atoms with Gasteiger partial charge in [-0.05, 0) is 54.2 Å². The van der Waals surface area contributed by atoms with Gasteiger partial charge in [0.05, 0.1) is 18.9 Å². The van der Waals surface area contributed by atoms with Crippen molar-refractivity contribution >= 4 is 65.2 Å². The number of aliphatic hydroxyl groups excluding tert-OH is 1. The molecule has 5 atom stereocenters. The van der Waals surface area contributed by atoms with Crippen LogP contribution in [0.2, 0.25) is 0 Å². The van der Waals surface area contributed by atoms with Crippen molar-refractivity contribution in [3.05, 3.63) is 132 Å². The Morgan fingerprint density at radius 3 is 1.85 bits per heavy atom. The summed E-state index contributed by atoms with van der Waals surface area (Å²) in [6.45, 7) is 4.10. The number of imide groups is 1. The Labute approximate surface area is 464 Å². The summed E-state index contributed by atoms with van der Waals surface area (Å²) in [6.07, 6.45) is 0.407. The van der Waals surface area contributed by atoms with Crippen LogP contribution in [0.3, 0.4) is 0 Å². The Hall–Kier alpha value is -9.33. The standard InChI is InChI=1S/C55H65F2N11O13/c1-32(62-54(80)81-31-34-13-9-6-10-14-34)52(78)65-41(51(59)77)26-44(71)64-40(50(58)76)25-43(70)63-39(53(79)61-21-20-60-45(72)29-68-46(73)17-18-47(68)74)19-22-67(48(75)30-69)49(55(2,3)4)42-23-35(37-24-36(56)15-16-38(37)57)28-66(42)27-33-11-7-5-8-12-33/h5-18,23-24,28,32,39-41,49,69H,19-22,25-27,29-31H2,1-4H3,(H2,58,76)(H2,59,77)(H,60,72)(H,61,79)(H,62,80)(H,63,70)(H,64,71)(H,65,78)/t32-,39-,40-,41-,49-/m0/s1. The van der Waals surface area contributed by atoms with Crippen LogP contribution in [0, 0.1) is 17.0 Å². The van der Waals surface area contributed by atoms with Crippen molar-refractivity contribution in [1.82, 2.24) is 46.3 Å². The molecular formula is C55H65F2N11O13. The number of primary amides is 2. The fraction of sp³-hybridized carbons (Fsp3) is 0.364. The minimum absolute atomic E-state index is 0.0793. The topological polar surface area (TPSA) is 353 Å². The van der Waals surface area contributed by atoms with Gasteiger partial charge in [0.15, 0.2) is 0 Å². The molecular weight excluding hydrogens is 1060 g/mol. The van der Waals surface area contributed by atoms with E-state index in [2.05, 4.69) is 31.9 Å². The number of aliphatic hydroxyl groups is 1. The first kappa shape index (κ1) is 62.5. The number of carbonyl (C=O) groups excluding carboxylic acids is 11. The summed E-state index contributed by atoms with van der Waals surface area (Å²) >= 11 is 0. The lowest BCUT2D eigenvalue weighted by Gasteiger charge is -2.41. The Kier molecular flexibility index (Phi) is 22.4. The van der Waals surface area contributed by atoms with Gasteiger partial charge in [-0.1, -0.05) is 81.4 Å². The summed E-state index contributed by atoms with van der Waals surface area (Å²) in [6, 6.07) is 14.9. The summed E-state index contributed by atoms with van der Waals surface area (Å²) in [4.78, 5) is 144. The molecule has 0 bridgehead atoms. The van der Waals surface area contributed by atoms with Crippen LogP contribution in [0.1, 0.15) is 69.8 Å². The van der Waals surface area contributed by atoms with Crippen LogP contribution in [0.15, 0.2) is 103 Å². The van der Waals surface area contributed by atoms with Gasteiger partial charge < -0.3 is 62.7 Å². The predicted octanol–water partition coefficient (Wildman–Crippen LogP) is 0.457. The molecule has 24 nitrogen and oxygen atoms in total. The number of hydrogen-bond donors (Lipinski definition) is 9. The van der Waals surface area contributed by atoms with Gasteiger partial charge in [0.2, 0.25) is 47.3 Å². The molecule has 0 unspecified atom stereocenters. The summed E-state index contributed by atoms with van der Waals surface area (Å²) in [5.74, 6) is -10.9. The van der Waals surface area contributed by atoms with Gasteiger partial charge in [0, 0.05) is 61.3 Å². The molecule has 0 saturated carbocycles. The van der Waals surface area contributed by atoms with Crippen LogP contribution in [0.5, 0.6) is 0 Å². The molecule has 0 fully saturated rings. The van der Waals surface area contributed by atoms with Crippen LogP contribution >= 0.6 is 0 Å². The van der Waals surface area contributed by atoms with E-state index in [1.165, 1.54) is 11.8 Å². The third-order valence-corrected chi connectivity index (χ3v) is 12.5. The number of nitrogens with zero attached hydrogens (tertiary/aromatic N) is 3. The zero-order valence-electron chi connectivity index (χ0n) is 44.9. The Morgan fingerprint density at radius 1 is 0.704 bits per heavy atom. The van der Waals surface area contributed by atoms with Crippen molar-refractivity contribution in [3.8, 4) is 11.1 Å². The molecule has 0 radical (unpaired) electrons. The Morgan fingerprint density at radius 2 is 1.27 bits per heavy atom. The average molecular weight is 1130 g/mol. The molecule has 1 aromatic heterocycles. The van der Waals surface area contributed by atoms with Crippen molar-refractivity contribution in [2.24, 2.45) is 16.9 Å².